The number of rotatable bonds is 2. The summed E-state index contributed by atoms with van der Waals surface area (Å²) < 4.78 is 4.92. The molecule has 3 nitrogen and oxygen atoms in total. The van der Waals surface area contributed by atoms with Crippen molar-refractivity contribution in [2.45, 2.75) is 12.8 Å². The molecule has 0 aliphatic heterocycles. The Morgan fingerprint density at radius 2 is 2.21 bits per heavy atom. The van der Waals surface area contributed by atoms with Gasteiger partial charge in [-0.25, -0.2) is 0 Å². The first-order valence-corrected chi connectivity index (χ1v) is 4.44. The topological polar surface area (TPSA) is 53.2 Å². The zero-order chi connectivity index (χ0) is 10.7. The average molecular weight is 212 g/mol. The fraction of sp³-hybridized carbons (Fsp3) is 0.300. The van der Waals surface area contributed by atoms with Gasteiger partial charge in [0.2, 0.25) is 0 Å². The Hall–Kier alpha value is -1.40. The van der Waals surface area contributed by atoms with Gasteiger partial charge in [-0.05, 0) is 13.0 Å². The molecular formula is C10H10ClNO2. The van der Waals surface area contributed by atoms with Crippen LogP contribution in [0.3, 0.4) is 0 Å². The van der Waals surface area contributed by atoms with Crippen molar-refractivity contribution >= 4 is 11.6 Å². The molecule has 0 bridgehead atoms. The fourth-order valence-electron chi connectivity index (χ4n) is 1.15. The number of nitrogens with zero attached hydrogens (tertiary/aromatic N) is 1. The Labute approximate surface area is 87.5 Å². The second-order valence-electron chi connectivity index (χ2n) is 2.90. The zero-order valence-electron chi connectivity index (χ0n) is 7.91. The summed E-state index contributed by atoms with van der Waals surface area (Å²) in [5, 5.41) is 18.8. The van der Waals surface area contributed by atoms with Gasteiger partial charge in [-0.3, -0.25) is 0 Å². The lowest BCUT2D eigenvalue weighted by atomic mass is 10.0. The Kier molecular flexibility index (Phi) is 3.21. The summed E-state index contributed by atoms with van der Waals surface area (Å²) in [5.41, 5.74) is 0.483. The van der Waals surface area contributed by atoms with Gasteiger partial charge in [0.05, 0.1) is 19.1 Å². The molecule has 0 aliphatic rings. The van der Waals surface area contributed by atoms with E-state index in [-0.39, 0.29) is 11.5 Å². The number of methoxy groups -OCH3 is 1. The first-order valence-electron chi connectivity index (χ1n) is 4.06. The number of hydrogen-bond donors (Lipinski definition) is 1. The van der Waals surface area contributed by atoms with Crippen LogP contribution in [-0.2, 0) is 0 Å². The van der Waals surface area contributed by atoms with Crippen molar-refractivity contribution in [1.29, 1.82) is 5.26 Å². The lowest BCUT2D eigenvalue weighted by Crippen LogP contribution is -1.93. The number of benzene rings is 1. The van der Waals surface area contributed by atoms with E-state index in [1.165, 1.54) is 13.2 Å². The van der Waals surface area contributed by atoms with Crippen LogP contribution in [0.25, 0.3) is 0 Å². The predicted octanol–water partition coefficient (Wildman–Crippen LogP) is 2.68. The molecule has 14 heavy (non-hydrogen) atoms. The molecular weight excluding hydrogens is 202 g/mol. The number of ether oxygens (including phenoxy) is 1. The van der Waals surface area contributed by atoms with Crippen LogP contribution in [-0.4, -0.2) is 12.2 Å². The summed E-state index contributed by atoms with van der Waals surface area (Å²) in [6.45, 7) is 1.69. The summed E-state index contributed by atoms with van der Waals surface area (Å²) in [6, 6.07) is 5.09. The summed E-state index contributed by atoms with van der Waals surface area (Å²) in [5.74, 6) is -0.150. The maximum atomic E-state index is 9.68. The van der Waals surface area contributed by atoms with Gasteiger partial charge in [0.25, 0.3) is 0 Å². The number of phenolic OH excluding ortho intramolecular Hbond substituents is 1. The molecule has 4 heteroatoms. The molecule has 0 fully saturated rings. The van der Waals surface area contributed by atoms with Crippen molar-refractivity contribution in [3.8, 4) is 17.6 Å². The first-order chi connectivity index (χ1) is 6.60. The van der Waals surface area contributed by atoms with E-state index in [2.05, 4.69) is 0 Å². The molecule has 0 spiro atoms. The van der Waals surface area contributed by atoms with E-state index in [1.807, 2.05) is 6.07 Å². The van der Waals surface area contributed by atoms with Gasteiger partial charge in [0.1, 0.15) is 0 Å². The summed E-state index contributed by atoms with van der Waals surface area (Å²) in [4.78, 5) is 0. The van der Waals surface area contributed by atoms with Crippen molar-refractivity contribution in [2.75, 3.05) is 7.11 Å². The highest BCUT2D eigenvalue weighted by atomic mass is 35.5. The van der Waals surface area contributed by atoms with E-state index in [9.17, 15) is 5.11 Å². The van der Waals surface area contributed by atoms with Crippen LogP contribution < -0.4 is 4.74 Å². The Morgan fingerprint density at radius 1 is 1.57 bits per heavy atom. The Morgan fingerprint density at radius 3 is 2.71 bits per heavy atom. The van der Waals surface area contributed by atoms with E-state index < -0.39 is 5.92 Å². The van der Waals surface area contributed by atoms with Crippen LogP contribution in [0.1, 0.15) is 18.4 Å². The number of phenols is 1. The van der Waals surface area contributed by atoms with Crippen LogP contribution >= 0.6 is 11.6 Å². The minimum Gasteiger partial charge on any atom is -0.504 e. The molecule has 0 aromatic heterocycles. The number of nitriles is 1. The smallest absolute Gasteiger partial charge is 0.162 e. The molecule has 74 valence electrons. The van der Waals surface area contributed by atoms with Crippen molar-refractivity contribution < 1.29 is 9.84 Å². The molecule has 1 rings (SSSR count). The molecule has 0 heterocycles. The average Bonchev–Trinajstić information content (AvgIpc) is 2.19. The van der Waals surface area contributed by atoms with Gasteiger partial charge in [0.15, 0.2) is 11.5 Å². The predicted molar refractivity (Wildman–Crippen MR) is 53.7 cm³/mol. The summed E-state index contributed by atoms with van der Waals surface area (Å²) >= 11 is 5.80. The van der Waals surface area contributed by atoms with Gasteiger partial charge in [0, 0.05) is 16.7 Å². The molecule has 0 radical (unpaired) electrons. The number of hydrogen-bond acceptors (Lipinski definition) is 3. The van der Waals surface area contributed by atoms with Crippen LogP contribution in [0.2, 0.25) is 5.02 Å². The third-order valence-electron chi connectivity index (χ3n) is 1.95. The quantitative estimate of drug-likeness (QED) is 0.818. The molecule has 0 saturated carbocycles. The second kappa shape index (κ2) is 4.21. The van der Waals surface area contributed by atoms with Gasteiger partial charge in [-0.15, -0.1) is 0 Å². The molecule has 0 saturated heterocycles. The monoisotopic (exact) mass is 211 g/mol. The lowest BCUT2D eigenvalue weighted by molar-refractivity contribution is 0.370. The third-order valence-corrected chi connectivity index (χ3v) is 2.17. The molecule has 1 unspecified atom stereocenters. The van der Waals surface area contributed by atoms with Gasteiger partial charge >= 0.3 is 0 Å². The zero-order valence-corrected chi connectivity index (χ0v) is 8.67. The highest BCUT2D eigenvalue weighted by Gasteiger charge is 2.14. The van der Waals surface area contributed by atoms with Crippen molar-refractivity contribution in [3.63, 3.8) is 0 Å². The Bertz CT molecular complexity index is 384. The molecule has 0 aliphatic carbocycles. The van der Waals surface area contributed by atoms with Gasteiger partial charge in [-0.1, -0.05) is 11.6 Å². The molecule has 1 atom stereocenters. The largest absolute Gasteiger partial charge is 0.504 e. The first kappa shape index (κ1) is 10.7. The SMILES string of the molecule is COc1cc(Cl)cc(C(C)C#N)c1O. The minimum atomic E-state index is -0.414. The Balaban J connectivity index is 3.30. The number of halogens is 1. The van der Waals surface area contributed by atoms with Gasteiger partial charge in [-0.2, -0.15) is 5.26 Å². The standard InChI is InChI=1S/C10H10ClNO2/c1-6(5-12)8-3-7(11)4-9(14-2)10(8)13/h3-4,6,13H,1-2H3. The van der Waals surface area contributed by atoms with Crippen LogP contribution in [0.5, 0.6) is 11.5 Å². The highest BCUT2D eigenvalue weighted by molar-refractivity contribution is 6.30. The minimum absolute atomic E-state index is 0.0223. The lowest BCUT2D eigenvalue weighted by Gasteiger charge is -2.10. The van der Waals surface area contributed by atoms with E-state index in [4.69, 9.17) is 21.6 Å². The maximum Gasteiger partial charge on any atom is 0.162 e. The van der Waals surface area contributed by atoms with Crippen molar-refractivity contribution in [2.24, 2.45) is 0 Å². The third kappa shape index (κ3) is 1.91. The van der Waals surface area contributed by atoms with E-state index >= 15 is 0 Å². The normalized spacial score (nSPS) is 11.9. The molecule has 1 N–H and O–H groups in total. The van der Waals surface area contributed by atoms with Gasteiger partial charge < -0.3 is 9.84 Å². The maximum absolute atomic E-state index is 9.68. The fourth-order valence-corrected chi connectivity index (χ4v) is 1.37. The van der Waals surface area contributed by atoms with E-state index in [1.54, 1.807) is 13.0 Å². The van der Waals surface area contributed by atoms with E-state index in [0.717, 1.165) is 0 Å². The van der Waals surface area contributed by atoms with E-state index in [0.29, 0.717) is 10.6 Å². The summed E-state index contributed by atoms with van der Waals surface area (Å²) in [6.07, 6.45) is 0. The molecule has 1 aromatic rings. The second-order valence-corrected chi connectivity index (χ2v) is 3.33. The highest BCUT2D eigenvalue weighted by Crippen LogP contribution is 2.37. The van der Waals surface area contributed by atoms with Crippen molar-refractivity contribution in [1.82, 2.24) is 0 Å². The van der Waals surface area contributed by atoms with Crippen LogP contribution in [0, 0.1) is 11.3 Å². The molecule has 0 amide bonds. The molecule has 1 aromatic carbocycles. The van der Waals surface area contributed by atoms with Crippen molar-refractivity contribution in [3.05, 3.63) is 22.7 Å². The summed E-state index contributed by atoms with van der Waals surface area (Å²) in [7, 11) is 1.44. The van der Waals surface area contributed by atoms with Crippen LogP contribution in [0.4, 0.5) is 0 Å². The van der Waals surface area contributed by atoms with Crippen LogP contribution in [0.15, 0.2) is 12.1 Å². The number of aromatic hydroxyl groups is 1.